The highest BCUT2D eigenvalue weighted by molar-refractivity contribution is 5.96. The number of nitrogens with zero attached hydrogens (tertiary/aromatic N) is 1. The molecule has 2 heterocycles. The molecule has 7 heteroatoms. The number of amides is 3. The summed E-state index contributed by atoms with van der Waals surface area (Å²) >= 11 is 0. The average Bonchev–Trinajstić information content (AvgIpc) is 3.00. The highest BCUT2D eigenvalue weighted by Crippen LogP contribution is 2.20. The lowest BCUT2D eigenvalue weighted by molar-refractivity contribution is -0.908. The summed E-state index contributed by atoms with van der Waals surface area (Å²) in [4.78, 5) is 27.4. The predicted molar refractivity (Wildman–Crippen MR) is 94.7 cm³/mol. The van der Waals surface area contributed by atoms with E-state index in [2.05, 4.69) is 10.6 Å². The maximum Gasteiger partial charge on any atom is 0.315 e. The first-order chi connectivity index (χ1) is 12.2. The second-order valence-corrected chi connectivity index (χ2v) is 6.61. The van der Waals surface area contributed by atoms with E-state index in [1.165, 1.54) is 4.90 Å². The van der Waals surface area contributed by atoms with Crippen LogP contribution in [0.25, 0.3) is 0 Å². The zero-order valence-corrected chi connectivity index (χ0v) is 14.5. The molecule has 2 fully saturated rings. The van der Waals surface area contributed by atoms with Gasteiger partial charge >= 0.3 is 6.03 Å². The lowest BCUT2D eigenvalue weighted by Crippen LogP contribution is -3.14. The minimum atomic E-state index is -0.190. The second-order valence-electron chi connectivity index (χ2n) is 6.61. The van der Waals surface area contributed by atoms with E-state index in [0.717, 1.165) is 45.0 Å². The van der Waals surface area contributed by atoms with Crippen molar-refractivity contribution in [2.24, 2.45) is 0 Å². The summed E-state index contributed by atoms with van der Waals surface area (Å²) in [6.45, 7) is 5.98. The van der Waals surface area contributed by atoms with Gasteiger partial charge in [0.2, 0.25) is 5.91 Å². The van der Waals surface area contributed by atoms with E-state index >= 15 is 0 Å². The van der Waals surface area contributed by atoms with Gasteiger partial charge in [0.05, 0.1) is 25.8 Å². The maximum absolute atomic E-state index is 12.1. The van der Waals surface area contributed by atoms with Crippen LogP contribution in [0.5, 0.6) is 0 Å². The quantitative estimate of drug-likeness (QED) is 0.602. The van der Waals surface area contributed by atoms with Gasteiger partial charge in [-0.15, -0.1) is 0 Å². The van der Waals surface area contributed by atoms with Crippen LogP contribution in [0.2, 0.25) is 0 Å². The lowest BCUT2D eigenvalue weighted by atomic mass is 10.2. The Morgan fingerprint density at radius 1 is 1.24 bits per heavy atom. The van der Waals surface area contributed by atoms with Crippen molar-refractivity contribution in [2.75, 3.05) is 50.8 Å². The van der Waals surface area contributed by atoms with Gasteiger partial charge in [-0.05, 0) is 12.1 Å². The van der Waals surface area contributed by atoms with Crippen LogP contribution in [0.4, 0.5) is 10.5 Å². The molecule has 1 aromatic rings. The number of benzene rings is 1. The molecular formula is C18H27N4O3+. The van der Waals surface area contributed by atoms with Crippen LogP contribution in [0.1, 0.15) is 12.8 Å². The average molecular weight is 347 g/mol. The maximum atomic E-state index is 12.1. The molecule has 7 nitrogen and oxygen atoms in total. The van der Waals surface area contributed by atoms with Gasteiger partial charge in [-0.25, -0.2) is 4.79 Å². The standard InChI is InChI=1S/C18H26N4O3/c23-17-13-15(14-22(17)16-5-2-1-3-6-16)20-18(24)19-7-4-8-21-9-11-25-12-10-21/h1-3,5-6,15H,4,7-14H2,(H2,19,20,24)/p+1/t15-/m1/s1. The fourth-order valence-corrected chi connectivity index (χ4v) is 3.35. The minimum absolute atomic E-state index is 0.0485. The van der Waals surface area contributed by atoms with Crippen molar-refractivity contribution in [3.8, 4) is 0 Å². The summed E-state index contributed by atoms with van der Waals surface area (Å²) in [6, 6.07) is 9.23. The van der Waals surface area contributed by atoms with Gasteiger partial charge in [0.25, 0.3) is 0 Å². The second kappa shape index (κ2) is 8.82. The molecule has 3 N–H and O–H groups in total. The molecule has 0 aromatic heterocycles. The summed E-state index contributed by atoms with van der Waals surface area (Å²) in [5.74, 6) is 0.0485. The molecule has 1 atom stereocenters. The molecule has 0 bridgehead atoms. The molecule has 25 heavy (non-hydrogen) atoms. The molecule has 3 amide bonds. The number of carbonyl (C=O) groups is 2. The van der Waals surface area contributed by atoms with Crippen molar-refractivity contribution in [3.63, 3.8) is 0 Å². The number of quaternary nitrogens is 1. The Kier molecular flexibility index (Phi) is 6.25. The first-order valence-electron chi connectivity index (χ1n) is 9.03. The summed E-state index contributed by atoms with van der Waals surface area (Å²) in [6.07, 6.45) is 1.29. The number of anilines is 1. The number of para-hydroxylation sites is 1. The van der Waals surface area contributed by atoms with Crippen molar-refractivity contribution in [3.05, 3.63) is 30.3 Å². The number of rotatable bonds is 6. The Hall–Kier alpha value is -2.12. The van der Waals surface area contributed by atoms with Gasteiger partial charge in [-0.3, -0.25) is 4.79 Å². The fourth-order valence-electron chi connectivity index (χ4n) is 3.35. The van der Waals surface area contributed by atoms with Crippen molar-refractivity contribution in [1.82, 2.24) is 10.6 Å². The summed E-state index contributed by atoms with van der Waals surface area (Å²) in [5, 5.41) is 5.80. The molecule has 2 aliphatic heterocycles. The van der Waals surface area contributed by atoms with Crippen LogP contribution in [-0.4, -0.2) is 63.9 Å². The molecule has 3 rings (SSSR count). The van der Waals surface area contributed by atoms with Crippen molar-refractivity contribution < 1.29 is 19.2 Å². The molecular weight excluding hydrogens is 320 g/mol. The van der Waals surface area contributed by atoms with E-state index in [9.17, 15) is 9.59 Å². The molecule has 0 aliphatic carbocycles. The number of hydrogen-bond acceptors (Lipinski definition) is 3. The van der Waals surface area contributed by atoms with Crippen molar-refractivity contribution >= 4 is 17.6 Å². The highest BCUT2D eigenvalue weighted by Gasteiger charge is 2.31. The Labute approximate surface area is 148 Å². The number of urea groups is 1. The zero-order chi connectivity index (χ0) is 17.5. The van der Waals surface area contributed by atoms with Crippen LogP contribution in [0, 0.1) is 0 Å². The molecule has 0 unspecified atom stereocenters. The van der Waals surface area contributed by atoms with E-state index < -0.39 is 0 Å². The Morgan fingerprint density at radius 2 is 2.00 bits per heavy atom. The van der Waals surface area contributed by atoms with Gasteiger partial charge < -0.3 is 25.2 Å². The first-order valence-corrected chi connectivity index (χ1v) is 9.03. The van der Waals surface area contributed by atoms with Crippen molar-refractivity contribution in [2.45, 2.75) is 18.9 Å². The molecule has 2 saturated heterocycles. The van der Waals surface area contributed by atoms with E-state index in [1.807, 2.05) is 30.3 Å². The monoisotopic (exact) mass is 347 g/mol. The third-order valence-corrected chi connectivity index (χ3v) is 4.72. The van der Waals surface area contributed by atoms with Gasteiger partial charge in [0.15, 0.2) is 0 Å². The summed E-state index contributed by atoms with van der Waals surface area (Å²) in [5.41, 5.74) is 0.880. The van der Waals surface area contributed by atoms with E-state index in [1.54, 1.807) is 4.90 Å². The first kappa shape index (κ1) is 17.7. The number of ether oxygens (including phenoxy) is 1. The van der Waals surface area contributed by atoms with Gasteiger partial charge in [0, 0.05) is 31.6 Å². The van der Waals surface area contributed by atoms with Crippen LogP contribution in [0.15, 0.2) is 30.3 Å². The third-order valence-electron chi connectivity index (χ3n) is 4.72. The zero-order valence-electron chi connectivity index (χ0n) is 14.5. The van der Waals surface area contributed by atoms with E-state index in [0.29, 0.717) is 19.5 Å². The minimum Gasteiger partial charge on any atom is -0.370 e. The van der Waals surface area contributed by atoms with E-state index in [4.69, 9.17) is 4.74 Å². The number of nitrogens with one attached hydrogen (secondary N) is 3. The Bertz CT molecular complexity index is 575. The molecule has 0 saturated carbocycles. The number of carbonyl (C=O) groups excluding carboxylic acids is 2. The van der Waals surface area contributed by atoms with Crippen LogP contribution >= 0.6 is 0 Å². The summed E-state index contributed by atoms with van der Waals surface area (Å²) < 4.78 is 5.34. The van der Waals surface area contributed by atoms with Crippen LogP contribution in [0.3, 0.4) is 0 Å². The normalized spacial score (nSPS) is 21.4. The molecule has 1 aromatic carbocycles. The largest absolute Gasteiger partial charge is 0.370 e. The molecule has 0 spiro atoms. The van der Waals surface area contributed by atoms with Crippen LogP contribution in [-0.2, 0) is 9.53 Å². The third kappa shape index (κ3) is 5.17. The van der Waals surface area contributed by atoms with Gasteiger partial charge in [-0.2, -0.15) is 0 Å². The van der Waals surface area contributed by atoms with Crippen molar-refractivity contribution in [1.29, 1.82) is 0 Å². The van der Waals surface area contributed by atoms with Gasteiger partial charge in [0.1, 0.15) is 13.1 Å². The summed E-state index contributed by atoms with van der Waals surface area (Å²) in [7, 11) is 0. The topological polar surface area (TPSA) is 75.1 Å². The van der Waals surface area contributed by atoms with Crippen LogP contribution < -0.4 is 20.4 Å². The lowest BCUT2D eigenvalue weighted by Gasteiger charge is -2.23. The fraction of sp³-hybridized carbons (Fsp3) is 0.556. The SMILES string of the molecule is O=C(NCCC[NH+]1CCOCC1)N[C@@H]1CC(=O)N(c2ccccc2)C1. The molecule has 136 valence electrons. The molecule has 0 radical (unpaired) electrons. The smallest absolute Gasteiger partial charge is 0.315 e. The Balaban J connectivity index is 1.35. The molecule has 2 aliphatic rings. The Morgan fingerprint density at radius 3 is 2.76 bits per heavy atom. The predicted octanol–water partition coefficient (Wildman–Crippen LogP) is -0.604. The van der Waals surface area contributed by atoms with E-state index in [-0.39, 0.29) is 18.0 Å². The number of morpholine rings is 1. The number of hydrogen-bond donors (Lipinski definition) is 3. The highest BCUT2D eigenvalue weighted by atomic mass is 16.5. The van der Waals surface area contributed by atoms with Gasteiger partial charge in [-0.1, -0.05) is 18.2 Å².